The first kappa shape index (κ1) is 14.0. The third-order valence-electron chi connectivity index (χ3n) is 1.97. The van der Waals surface area contributed by atoms with Crippen LogP contribution in [0.2, 0.25) is 10.0 Å². The molecule has 0 aliphatic rings. The van der Waals surface area contributed by atoms with E-state index in [0.717, 1.165) is 6.92 Å². The molecule has 0 saturated heterocycles. The summed E-state index contributed by atoms with van der Waals surface area (Å²) >= 11 is 16.8. The third-order valence-corrected chi connectivity index (χ3v) is 2.72. The van der Waals surface area contributed by atoms with Crippen LogP contribution in [0.4, 0.5) is 0 Å². The molecule has 1 N–H and O–H groups in total. The van der Waals surface area contributed by atoms with E-state index in [1.807, 2.05) is 0 Å². The van der Waals surface area contributed by atoms with E-state index in [-0.39, 0.29) is 10.6 Å². The van der Waals surface area contributed by atoms with Crippen molar-refractivity contribution in [1.29, 1.82) is 0 Å². The molecule has 0 atom stereocenters. The second-order valence-electron chi connectivity index (χ2n) is 3.18. The summed E-state index contributed by atoms with van der Waals surface area (Å²) in [5.74, 6) is -1.23. The fraction of sp³-hybridized carbons (Fsp3) is 0.0909. The molecular formula is C11H7Cl3O3. The zero-order chi connectivity index (χ0) is 13.2. The van der Waals surface area contributed by atoms with Crippen LogP contribution in [0.25, 0.3) is 5.76 Å². The first-order chi connectivity index (χ1) is 7.84. The fourth-order valence-corrected chi connectivity index (χ4v) is 1.81. The first-order valence-corrected chi connectivity index (χ1v) is 5.57. The largest absolute Gasteiger partial charge is 0.506 e. The highest BCUT2D eigenvalue weighted by Gasteiger charge is 2.20. The predicted molar refractivity (Wildman–Crippen MR) is 67.6 cm³/mol. The molecule has 1 aromatic carbocycles. The van der Waals surface area contributed by atoms with Gasteiger partial charge in [0.15, 0.2) is 5.78 Å². The number of hydrogen-bond acceptors (Lipinski definition) is 3. The molecule has 1 rings (SSSR count). The van der Waals surface area contributed by atoms with Gasteiger partial charge in [-0.05, 0) is 36.7 Å². The van der Waals surface area contributed by atoms with E-state index >= 15 is 0 Å². The molecule has 6 heteroatoms. The molecule has 0 spiro atoms. The quantitative estimate of drug-likeness (QED) is 0.304. The maximum absolute atomic E-state index is 11.2. The molecule has 17 heavy (non-hydrogen) atoms. The van der Waals surface area contributed by atoms with E-state index in [9.17, 15) is 14.7 Å². The summed E-state index contributed by atoms with van der Waals surface area (Å²) in [7, 11) is 0. The van der Waals surface area contributed by atoms with Crippen LogP contribution in [0.1, 0.15) is 12.5 Å². The molecule has 90 valence electrons. The van der Waals surface area contributed by atoms with Crippen LogP contribution in [0.3, 0.4) is 0 Å². The lowest BCUT2D eigenvalue weighted by Gasteiger charge is -2.07. The van der Waals surface area contributed by atoms with Crippen molar-refractivity contribution in [3.05, 3.63) is 39.4 Å². The molecule has 0 unspecified atom stereocenters. The van der Waals surface area contributed by atoms with Crippen molar-refractivity contribution in [3.63, 3.8) is 0 Å². The van der Waals surface area contributed by atoms with E-state index in [1.54, 1.807) is 0 Å². The number of ketones is 1. The summed E-state index contributed by atoms with van der Waals surface area (Å²) in [6.45, 7) is 1.12. The van der Waals surface area contributed by atoms with Crippen molar-refractivity contribution in [1.82, 2.24) is 0 Å². The number of halogens is 3. The average molecular weight is 294 g/mol. The topological polar surface area (TPSA) is 54.4 Å². The molecule has 0 bridgehead atoms. The monoisotopic (exact) mass is 292 g/mol. The Morgan fingerprint density at radius 3 is 2.29 bits per heavy atom. The number of aliphatic hydroxyl groups is 1. The maximum atomic E-state index is 11.2. The molecule has 3 nitrogen and oxygen atoms in total. The van der Waals surface area contributed by atoms with Gasteiger partial charge in [0.05, 0.1) is 5.02 Å². The van der Waals surface area contributed by atoms with Gasteiger partial charge in [0.1, 0.15) is 11.3 Å². The van der Waals surface area contributed by atoms with Gasteiger partial charge < -0.3 is 5.11 Å². The van der Waals surface area contributed by atoms with Crippen LogP contribution in [0.5, 0.6) is 0 Å². The number of Topliss-reactive ketones (excluding diaryl/α,β-unsaturated/α-hetero) is 1. The fourth-order valence-electron chi connectivity index (χ4n) is 1.21. The summed E-state index contributed by atoms with van der Waals surface area (Å²) in [6.07, 6.45) is 0. The smallest absolute Gasteiger partial charge is 0.259 e. The number of aliphatic hydroxyl groups excluding tert-OH is 1. The van der Waals surface area contributed by atoms with E-state index in [2.05, 4.69) is 0 Å². The van der Waals surface area contributed by atoms with Crippen LogP contribution < -0.4 is 0 Å². The van der Waals surface area contributed by atoms with Crippen molar-refractivity contribution in [2.45, 2.75) is 6.92 Å². The third kappa shape index (κ3) is 3.22. The average Bonchev–Trinajstić information content (AvgIpc) is 2.20. The summed E-state index contributed by atoms with van der Waals surface area (Å²) in [6, 6.07) is 4.28. The summed E-state index contributed by atoms with van der Waals surface area (Å²) in [4.78, 5) is 22.2. The number of hydrogen-bond donors (Lipinski definition) is 1. The minimum Gasteiger partial charge on any atom is -0.506 e. The Labute approximate surface area is 113 Å². The molecular weight excluding hydrogens is 286 g/mol. The van der Waals surface area contributed by atoms with E-state index in [0.29, 0.717) is 5.02 Å². The molecule has 0 fully saturated rings. The minimum absolute atomic E-state index is 0.0818. The van der Waals surface area contributed by atoms with Crippen LogP contribution in [0, 0.1) is 0 Å². The number of allylic oxidation sites excluding steroid dienone is 1. The van der Waals surface area contributed by atoms with Gasteiger partial charge in [-0.3, -0.25) is 9.59 Å². The van der Waals surface area contributed by atoms with Gasteiger partial charge in [-0.25, -0.2) is 0 Å². The van der Waals surface area contributed by atoms with Gasteiger partial charge >= 0.3 is 0 Å². The summed E-state index contributed by atoms with van der Waals surface area (Å²) < 4.78 is 0. The highest BCUT2D eigenvalue weighted by atomic mass is 35.5. The van der Waals surface area contributed by atoms with Gasteiger partial charge in [-0.2, -0.15) is 0 Å². The highest BCUT2D eigenvalue weighted by Crippen LogP contribution is 2.28. The Kier molecular flexibility index (Phi) is 4.57. The second-order valence-corrected chi connectivity index (χ2v) is 4.36. The van der Waals surface area contributed by atoms with Gasteiger partial charge in [0.25, 0.3) is 5.24 Å². The van der Waals surface area contributed by atoms with Crippen LogP contribution in [-0.2, 0) is 9.59 Å². The molecule has 0 amide bonds. The highest BCUT2D eigenvalue weighted by molar-refractivity contribution is 6.71. The molecule has 0 aliphatic heterocycles. The molecule has 0 saturated carbocycles. The number of rotatable bonds is 3. The van der Waals surface area contributed by atoms with E-state index < -0.39 is 22.4 Å². The maximum Gasteiger partial charge on any atom is 0.259 e. The predicted octanol–water partition coefficient (Wildman–Crippen LogP) is 3.62. The normalized spacial score (nSPS) is 12.0. The zero-order valence-corrected chi connectivity index (χ0v) is 10.9. The lowest BCUT2D eigenvalue weighted by molar-refractivity contribution is -0.117. The lowest BCUT2D eigenvalue weighted by atomic mass is 10.1. The molecule has 0 aliphatic carbocycles. The Morgan fingerprint density at radius 1 is 1.24 bits per heavy atom. The molecule has 0 heterocycles. The van der Waals surface area contributed by atoms with Crippen molar-refractivity contribution in [2.24, 2.45) is 0 Å². The Balaban J connectivity index is 3.49. The Morgan fingerprint density at radius 2 is 1.82 bits per heavy atom. The van der Waals surface area contributed by atoms with Gasteiger partial charge in [-0.1, -0.05) is 23.2 Å². The SMILES string of the molecule is CC(=O)/C(C(=O)Cl)=C(\O)c1cc(Cl)ccc1Cl. The van der Waals surface area contributed by atoms with Crippen molar-refractivity contribution in [3.8, 4) is 0 Å². The Hall–Kier alpha value is -1.03. The zero-order valence-electron chi connectivity index (χ0n) is 8.63. The van der Waals surface area contributed by atoms with Crippen LogP contribution >= 0.6 is 34.8 Å². The van der Waals surface area contributed by atoms with Gasteiger partial charge in [0, 0.05) is 10.6 Å². The van der Waals surface area contributed by atoms with E-state index in [1.165, 1.54) is 18.2 Å². The first-order valence-electron chi connectivity index (χ1n) is 4.44. The number of benzene rings is 1. The van der Waals surface area contributed by atoms with Crippen LogP contribution in [0.15, 0.2) is 23.8 Å². The molecule has 0 aromatic heterocycles. The minimum atomic E-state index is -1.05. The number of carbonyl (C=O) groups is 2. The van der Waals surface area contributed by atoms with E-state index in [4.69, 9.17) is 34.8 Å². The van der Waals surface area contributed by atoms with Crippen molar-refractivity contribution >= 4 is 51.6 Å². The van der Waals surface area contributed by atoms with Crippen molar-refractivity contribution in [2.75, 3.05) is 0 Å². The summed E-state index contributed by atoms with van der Waals surface area (Å²) in [5.41, 5.74) is -0.436. The number of carbonyl (C=O) groups excluding carboxylic acids is 2. The van der Waals surface area contributed by atoms with Gasteiger partial charge in [0.2, 0.25) is 0 Å². The second kappa shape index (κ2) is 5.54. The lowest BCUT2D eigenvalue weighted by Crippen LogP contribution is -2.08. The van der Waals surface area contributed by atoms with Crippen LogP contribution in [-0.4, -0.2) is 16.1 Å². The summed E-state index contributed by atoms with van der Waals surface area (Å²) in [5, 5.41) is 9.25. The molecule has 0 radical (unpaired) electrons. The Bertz CT molecular complexity index is 505. The standard InChI is InChI=1S/C11H7Cl3O3/c1-5(15)9(11(14)17)10(16)7-4-6(12)2-3-8(7)13/h2-4,16H,1H3/b10-9+. The van der Waals surface area contributed by atoms with Gasteiger partial charge in [-0.15, -0.1) is 0 Å². The van der Waals surface area contributed by atoms with Crippen molar-refractivity contribution < 1.29 is 14.7 Å². The molecule has 1 aromatic rings.